The van der Waals surface area contributed by atoms with E-state index in [0.717, 1.165) is 12.1 Å². The van der Waals surface area contributed by atoms with Crippen molar-refractivity contribution in [2.75, 3.05) is 11.2 Å². The highest BCUT2D eigenvalue weighted by molar-refractivity contribution is 7.91. The molecule has 0 bridgehead atoms. The number of benzene rings is 1. The Hall–Kier alpha value is -1.21. The van der Waals surface area contributed by atoms with Crippen LogP contribution < -0.4 is 5.32 Å². The van der Waals surface area contributed by atoms with Crippen LogP contribution in [0.4, 0.5) is 14.5 Å². The first kappa shape index (κ1) is 15.8. The summed E-state index contributed by atoms with van der Waals surface area (Å²) in [6.07, 6.45) is 0.756. The zero-order chi connectivity index (χ0) is 14.5. The number of rotatable bonds is 6. The standard InChI is InChI=1S/C11H12ClF2NO3S/c12-7-1-2-10(16)15-8-3-5-9(6-4-8)19(17,18)11(13)14/h3-6,11H,1-2,7H2,(H,15,16). The van der Waals surface area contributed by atoms with Gasteiger partial charge in [0.25, 0.3) is 0 Å². The van der Waals surface area contributed by atoms with E-state index in [1.165, 1.54) is 12.1 Å². The molecule has 0 aliphatic carbocycles. The summed E-state index contributed by atoms with van der Waals surface area (Å²) < 4.78 is 46.9. The number of alkyl halides is 3. The van der Waals surface area contributed by atoms with Crippen molar-refractivity contribution in [2.24, 2.45) is 0 Å². The van der Waals surface area contributed by atoms with E-state index >= 15 is 0 Å². The maximum Gasteiger partial charge on any atom is 0.341 e. The monoisotopic (exact) mass is 311 g/mol. The lowest BCUT2D eigenvalue weighted by atomic mass is 10.3. The molecule has 1 amide bonds. The summed E-state index contributed by atoms with van der Waals surface area (Å²) in [6.45, 7) is 0. The minimum atomic E-state index is -4.60. The third kappa shape index (κ3) is 4.43. The molecule has 0 spiro atoms. The number of nitrogens with one attached hydrogen (secondary N) is 1. The van der Waals surface area contributed by atoms with E-state index in [4.69, 9.17) is 11.6 Å². The highest BCUT2D eigenvalue weighted by Gasteiger charge is 2.26. The predicted molar refractivity (Wildman–Crippen MR) is 68.2 cm³/mol. The fraction of sp³-hybridized carbons (Fsp3) is 0.364. The van der Waals surface area contributed by atoms with Gasteiger partial charge in [-0.15, -0.1) is 11.6 Å². The number of hydrogen-bond donors (Lipinski definition) is 1. The molecule has 0 aliphatic heterocycles. The number of anilines is 1. The molecule has 0 saturated heterocycles. The highest BCUT2D eigenvalue weighted by Crippen LogP contribution is 2.20. The molecule has 0 atom stereocenters. The summed E-state index contributed by atoms with van der Waals surface area (Å²) in [7, 11) is -4.60. The molecular weight excluding hydrogens is 300 g/mol. The normalized spacial score (nSPS) is 11.6. The van der Waals surface area contributed by atoms with Crippen LogP contribution in [0.5, 0.6) is 0 Å². The SMILES string of the molecule is O=C(CCCCl)Nc1ccc(S(=O)(=O)C(F)F)cc1. The molecule has 0 aromatic heterocycles. The number of hydrogen-bond acceptors (Lipinski definition) is 3. The summed E-state index contributed by atoms with van der Waals surface area (Å²) in [5.74, 6) is -3.37. The van der Waals surface area contributed by atoms with Crippen LogP contribution in [-0.2, 0) is 14.6 Å². The number of amides is 1. The van der Waals surface area contributed by atoms with Crippen LogP contribution in [-0.4, -0.2) is 26.0 Å². The van der Waals surface area contributed by atoms with Gasteiger partial charge in [-0.25, -0.2) is 8.42 Å². The van der Waals surface area contributed by atoms with Gasteiger partial charge in [0.15, 0.2) is 0 Å². The van der Waals surface area contributed by atoms with Crippen molar-refractivity contribution in [1.29, 1.82) is 0 Å². The van der Waals surface area contributed by atoms with Gasteiger partial charge in [-0.1, -0.05) is 0 Å². The third-order valence-electron chi connectivity index (χ3n) is 2.24. The lowest BCUT2D eigenvalue weighted by molar-refractivity contribution is -0.116. The molecule has 1 aromatic carbocycles. The maximum atomic E-state index is 12.3. The summed E-state index contributed by atoms with van der Waals surface area (Å²) in [5, 5.41) is 2.50. The second-order valence-corrected chi connectivity index (χ2v) is 5.97. The van der Waals surface area contributed by atoms with Crippen molar-refractivity contribution in [3.8, 4) is 0 Å². The lowest BCUT2D eigenvalue weighted by Crippen LogP contribution is -2.13. The zero-order valence-electron chi connectivity index (χ0n) is 9.77. The van der Waals surface area contributed by atoms with Crippen molar-refractivity contribution in [1.82, 2.24) is 0 Å². The second kappa shape index (κ2) is 6.81. The Morgan fingerprint density at radius 1 is 1.26 bits per heavy atom. The smallest absolute Gasteiger partial charge is 0.326 e. The summed E-state index contributed by atoms with van der Waals surface area (Å²) in [4.78, 5) is 10.9. The van der Waals surface area contributed by atoms with Crippen LogP contribution in [0.25, 0.3) is 0 Å². The van der Waals surface area contributed by atoms with Crippen LogP contribution in [0.3, 0.4) is 0 Å². The summed E-state index contributed by atoms with van der Waals surface area (Å²) in [5.41, 5.74) is 0.341. The Kier molecular flexibility index (Phi) is 5.68. The molecular formula is C11H12ClF2NO3S. The van der Waals surface area contributed by atoms with Crippen molar-refractivity contribution >= 4 is 33.0 Å². The number of carbonyl (C=O) groups is 1. The van der Waals surface area contributed by atoms with Gasteiger partial charge in [0.1, 0.15) is 0 Å². The van der Waals surface area contributed by atoms with Gasteiger partial charge in [-0.05, 0) is 30.7 Å². The largest absolute Gasteiger partial charge is 0.341 e. The van der Waals surface area contributed by atoms with E-state index in [-0.39, 0.29) is 12.3 Å². The fourth-order valence-electron chi connectivity index (χ4n) is 1.28. The van der Waals surface area contributed by atoms with Gasteiger partial charge < -0.3 is 5.32 Å². The first-order chi connectivity index (χ1) is 8.87. The van der Waals surface area contributed by atoms with Gasteiger partial charge in [0, 0.05) is 18.0 Å². The quantitative estimate of drug-likeness (QED) is 0.821. The summed E-state index contributed by atoms with van der Waals surface area (Å²) >= 11 is 5.43. The van der Waals surface area contributed by atoms with Crippen LogP contribution in [0.2, 0.25) is 0 Å². The van der Waals surface area contributed by atoms with Crippen molar-refractivity contribution in [3.05, 3.63) is 24.3 Å². The molecule has 0 aliphatic rings. The zero-order valence-corrected chi connectivity index (χ0v) is 11.3. The second-order valence-electron chi connectivity index (χ2n) is 3.67. The van der Waals surface area contributed by atoms with Crippen molar-refractivity contribution in [3.63, 3.8) is 0 Å². The molecule has 1 rings (SSSR count). The maximum absolute atomic E-state index is 12.3. The predicted octanol–water partition coefficient (Wildman–Crippen LogP) is 2.64. The molecule has 0 radical (unpaired) electrons. The molecule has 0 heterocycles. The van der Waals surface area contributed by atoms with E-state index in [9.17, 15) is 22.0 Å². The van der Waals surface area contributed by atoms with Crippen LogP contribution in [0, 0.1) is 0 Å². The Bertz CT molecular complexity index is 531. The first-order valence-corrected chi connectivity index (χ1v) is 7.44. The minimum Gasteiger partial charge on any atom is -0.326 e. The van der Waals surface area contributed by atoms with Gasteiger partial charge in [0.2, 0.25) is 15.7 Å². The minimum absolute atomic E-state index is 0.237. The van der Waals surface area contributed by atoms with E-state index in [2.05, 4.69) is 5.32 Å². The Morgan fingerprint density at radius 3 is 2.32 bits per heavy atom. The van der Waals surface area contributed by atoms with E-state index < -0.39 is 20.5 Å². The first-order valence-electron chi connectivity index (χ1n) is 5.36. The molecule has 1 aromatic rings. The van der Waals surface area contributed by atoms with E-state index in [1.54, 1.807) is 0 Å². The number of carbonyl (C=O) groups excluding carboxylic acids is 1. The van der Waals surface area contributed by atoms with Gasteiger partial charge in [-0.3, -0.25) is 4.79 Å². The number of halogens is 3. The van der Waals surface area contributed by atoms with Gasteiger partial charge in [-0.2, -0.15) is 8.78 Å². The Labute approximate surface area is 114 Å². The van der Waals surface area contributed by atoms with Crippen LogP contribution in [0.1, 0.15) is 12.8 Å². The summed E-state index contributed by atoms with van der Waals surface area (Å²) in [6, 6.07) is 4.57. The molecule has 0 fully saturated rings. The third-order valence-corrected chi connectivity index (χ3v) is 3.90. The average Bonchev–Trinajstić information content (AvgIpc) is 2.36. The fourth-order valence-corrected chi connectivity index (χ4v) is 2.14. The molecule has 0 unspecified atom stereocenters. The molecule has 19 heavy (non-hydrogen) atoms. The molecule has 0 saturated carbocycles. The van der Waals surface area contributed by atoms with E-state index in [0.29, 0.717) is 18.0 Å². The average molecular weight is 312 g/mol. The van der Waals surface area contributed by atoms with Crippen LogP contribution in [0.15, 0.2) is 29.2 Å². The Morgan fingerprint density at radius 2 is 1.84 bits per heavy atom. The molecule has 8 heteroatoms. The lowest BCUT2D eigenvalue weighted by Gasteiger charge is -2.06. The van der Waals surface area contributed by atoms with Crippen LogP contribution >= 0.6 is 11.6 Å². The van der Waals surface area contributed by atoms with Crippen molar-refractivity contribution in [2.45, 2.75) is 23.5 Å². The Balaban J connectivity index is 2.75. The van der Waals surface area contributed by atoms with Gasteiger partial charge in [0.05, 0.1) is 4.90 Å². The van der Waals surface area contributed by atoms with Crippen molar-refractivity contribution < 1.29 is 22.0 Å². The molecule has 4 nitrogen and oxygen atoms in total. The number of sulfone groups is 1. The highest BCUT2D eigenvalue weighted by atomic mass is 35.5. The molecule has 1 N–H and O–H groups in total. The topological polar surface area (TPSA) is 63.2 Å². The molecule has 106 valence electrons. The van der Waals surface area contributed by atoms with E-state index in [1.807, 2.05) is 0 Å². The van der Waals surface area contributed by atoms with Gasteiger partial charge >= 0.3 is 5.76 Å².